The molecular formula is C23H35N7O8. The van der Waals surface area contributed by atoms with Gasteiger partial charge in [0.1, 0.15) is 23.9 Å². The van der Waals surface area contributed by atoms with Crippen molar-refractivity contribution in [1.29, 1.82) is 0 Å². The first-order valence-corrected chi connectivity index (χ1v) is 11.7. The Bertz CT molecular complexity index is 1010. The summed E-state index contributed by atoms with van der Waals surface area (Å²) in [6, 6.07) is 1.26. The Hall–Kier alpha value is -4.40. The van der Waals surface area contributed by atoms with Crippen LogP contribution in [0.25, 0.3) is 0 Å². The Labute approximate surface area is 218 Å². The summed E-state index contributed by atoms with van der Waals surface area (Å²) in [6.07, 6.45) is -0.322. The molecule has 210 valence electrons. The van der Waals surface area contributed by atoms with Crippen molar-refractivity contribution in [2.45, 2.75) is 63.2 Å². The lowest BCUT2D eigenvalue weighted by molar-refractivity contribution is -0.143. The van der Waals surface area contributed by atoms with Gasteiger partial charge >= 0.3 is 11.9 Å². The van der Waals surface area contributed by atoms with Crippen molar-refractivity contribution in [3.05, 3.63) is 29.8 Å². The van der Waals surface area contributed by atoms with Gasteiger partial charge in [-0.25, -0.2) is 4.79 Å². The third-order valence-corrected chi connectivity index (χ3v) is 5.32. The van der Waals surface area contributed by atoms with E-state index in [9.17, 15) is 34.2 Å². The number of nitrogens with two attached hydrogens (primary N) is 3. The highest BCUT2D eigenvalue weighted by atomic mass is 16.4. The molecule has 0 aliphatic rings. The van der Waals surface area contributed by atoms with Gasteiger partial charge in [0.15, 0.2) is 5.96 Å². The van der Waals surface area contributed by atoms with E-state index in [1.54, 1.807) is 12.1 Å². The van der Waals surface area contributed by atoms with Crippen molar-refractivity contribution in [2.75, 3.05) is 6.54 Å². The average molecular weight is 538 g/mol. The molecule has 0 radical (unpaired) electrons. The highest BCUT2D eigenvalue weighted by molar-refractivity contribution is 5.94. The number of nitrogens with zero attached hydrogens (tertiary/aromatic N) is 1. The molecule has 38 heavy (non-hydrogen) atoms. The summed E-state index contributed by atoms with van der Waals surface area (Å²) < 4.78 is 0. The quantitative estimate of drug-likeness (QED) is 0.0616. The van der Waals surface area contributed by atoms with E-state index in [1.165, 1.54) is 19.1 Å². The number of rotatable bonds is 16. The number of hydrogen-bond donors (Lipinski definition) is 9. The zero-order valence-electron chi connectivity index (χ0n) is 20.9. The number of aromatic hydroxyl groups is 1. The van der Waals surface area contributed by atoms with E-state index in [2.05, 4.69) is 20.9 Å². The molecule has 15 heteroatoms. The lowest BCUT2D eigenvalue weighted by atomic mass is 10.0. The van der Waals surface area contributed by atoms with Crippen LogP contribution < -0.4 is 33.2 Å². The Balaban J connectivity index is 2.85. The van der Waals surface area contributed by atoms with E-state index in [0.29, 0.717) is 12.0 Å². The van der Waals surface area contributed by atoms with Crippen molar-refractivity contribution in [2.24, 2.45) is 22.2 Å². The van der Waals surface area contributed by atoms with Crippen molar-refractivity contribution < 1.29 is 39.3 Å². The number of guanidine groups is 1. The fraction of sp³-hybridized carbons (Fsp3) is 0.478. The molecule has 1 aromatic carbocycles. The number of phenols is 1. The highest BCUT2D eigenvalue weighted by Gasteiger charge is 2.28. The van der Waals surface area contributed by atoms with Gasteiger partial charge in [0.25, 0.3) is 0 Å². The predicted octanol–water partition coefficient (Wildman–Crippen LogP) is -2.26. The minimum Gasteiger partial charge on any atom is -0.508 e. The number of aliphatic carboxylic acids is 2. The van der Waals surface area contributed by atoms with Crippen molar-refractivity contribution >= 4 is 35.6 Å². The Morgan fingerprint density at radius 3 is 2.05 bits per heavy atom. The summed E-state index contributed by atoms with van der Waals surface area (Å²) >= 11 is 0. The number of amides is 3. The molecule has 1 aromatic rings. The van der Waals surface area contributed by atoms with Gasteiger partial charge in [-0.1, -0.05) is 12.1 Å². The second kappa shape index (κ2) is 15.7. The minimum atomic E-state index is -1.47. The second-order valence-electron chi connectivity index (χ2n) is 8.55. The number of carbonyl (C=O) groups excluding carboxylic acids is 3. The van der Waals surface area contributed by atoms with Crippen molar-refractivity contribution in [3.63, 3.8) is 0 Å². The molecule has 0 bridgehead atoms. The third-order valence-electron chi connectivity index (χ3n) is 5.32. The van der Waals surface area contributed by atoms with E-state index in [1.807, 2.05) is 0 Å². The van der Waals surface area contributed by atoms with Crippen LogP contribution in [0.1, 0.15) is 38.2 Å². The molecule has 1 rings (SSSR count). The van der Waals surface area contributed by atoms with Crippen LogP contribution in [0.3, 0.4) is 0 Å². The van der Waals surface area contributed by atoms with Crippen LogP contribution in [-0.4, -0.2) is 81.7 Å². The van der Waals surface area contributed by atoms with Crippen LogP contribution in [0.5, 0.6) is 5.75 Å². The van der Waals surface area contributed by atoms with Crippen LogP contribution >= 0.6 is 0 Å². The zero-order chi connectivity index (χ0) is 28.8. The molecule has 12 N–H and O–H groups in total. The predicted molar refractivity (Wildman–Crippen MR) is 136 cm³/mol. The van der Waals surface area contributed by atoms with E-state index in [-0.39, 0.29) is 37.5 Å². The third kappa shape index (κ3) is 12.0. The van der Waals surface area contributed by atoms with Crippen molar-refractivity contribution in [1.82, 2.24) is 16.0 Å². The summed E-state index contributed by atoms with van der Waals surface area (Å²) in [4.78, 5) is 64.0. The number of carboxylic acid groups (broad SMARTS) is 2. The number of carbonyl (C=O) groups is 5. The smallest absolute Gasteiger partial charge is 0.326 e. The normalized spacial score (nSPS) is 13.7. The first-order valence-electron chi connectivity index (χ1n) is 11.7. The largest absolute Gasteiger partial charge is 0.508 e. The van der Waals surface area contributed by atoms with Gasteiger partial charge < -0.3 is 48.5 Å². The number of nitrogens with one attached hydrogen (secondary N) is 3. The molecule has 0 fully saturated rings. The molecule has 0 aliphatic heterocycles. The minimum absolute atomic E-state index is 0.0546. The lowest BCUT2D eigenvalue weighted by Gasteiger charge is -2.23. The Morgan fingerprint density at radius 1 is 0.895 bits per heavy atom. The number of aliphatic imine (C=N–C) groups is 1. The van der Waals surface area contributed by atoms with E-state index >= 15 is 0 Å². The number of carboxylic acids is 2. The SMILES string of the molecule is CC(NC(=O)C(CCCN=C(N)N)NC(=O)C(N)Cc1ccc(O)cc1)C(=O)NC(CCC(=O)O)C(=O)O. The molecule has 0 saturated heterocycles. The standard InChI is InChI=1S/C23H35N7O8/c1-12(19(34)30-17(22(37)38)8-9-18(32)33)28-21(36)16(3-2-10-27-23(25)26)29-20(35)15(24)11-13-4-6-14(31)7-5-13/h4-7,12,15-17,31H,2-3,8-11,24H2,1H3,(H,28,36)(H,29,35)(H,30,34)(H,32,33)(H,37,38)(H4,25,26,27). The lowest BCUT2D eigenvalue weighted by Crippen LogP contribution is -2.56. The molecule has 4 unspecified atom stereocenters. The van der Waals surface area contributed by atoms with Crippen LogP contribution in [0, 0.1) is 0 Å². The molecule has 3 amide bonds. The maximum Gasteiger partial charge on any atom is 0.326 e. The Morgan fingerprint density at radius 2 is 1.50 bits per heavy atom. The maximum atomic E-state index is 12.9. The maximum absolute atomic E-state index is 12.9. The first-order chi connectivity index (χ1) is 17.8. The van der Waals surface area contributed by atoms with Crippen LogP contribution in [0.2, 0.25) is 0 Å². The monoisotopic (exact) mass is 537 g/mol. The summed E-state index contributed by atoms with van der Waals surface area (Å²) in [5.74, 6) is -4.98. The van der Waals surface area contributed by atoms with Crippen LogP contribution in [0.4, 0.5) is 0 Å². The first kappa shape index (κ1) is 31.6. The molecule has 0 heterocycles. The summed E-state index contributed by atoms with van der Waals surface area (Å²) in [5.41, 5.74) is 17.3. The van der Waals surface area contributed by atoms with Gasteiger partial charge in [-0.3, -0.25) is 24.2 Å². The topological polar surface area (TPSA) is 273 Å². The van der Waals surface area contributed by atoms with Gasteiger partial charge in [0.2, 0.25) is 17.7 Å². The van der Waals surface area contributed by atoms with E-state index in [0.717, 1.165) is 0 Å². The molecule has 4 atom stereocenters. The molecule has 0 spiro atoms. The summed E-state index contributed by atoms with van der Waals surface area (Å²) in [5, 5.41) is 34.5. The molecule has 0 aliphatic carbocycles. The zero-order valence-corrected chi connectivity index (χ0v) is 20.9. The summed E-state index contributed by atoms with van der Waals surface area (Å²) in [6.45, 7) is 1.47. The van der Waals surface area contributed by atoms with Gasteiger partial charge in [-0.05, 0) is 50.3 Å². The van der Waals surface area contributed by atoms with Crippen molar-refractivity contribution in [3.8, 4) is 5.75 Å². The van der Waals surface area contributed by atoms with E-state index < -0.39 is 60.2 Å². The fourth-order valence-electron chi connectivity index (χ4n) is 3.23. The average Bonchev–Trinajstić information content (AvgIpc) is 2.83. The Kier molecular flexibility index (Phi) is 13.0. The molecular weight excluding hydrogens is 502 g/mol. The molecule has 15 nitrogen and oxygen atoms in total. The van der Waals surface area contributed by atoms with Gasteiger partial charge in [0.05, 0.1) is 6.04 Å². The second-order valence-corrected chi connectivity index (χ2v) is 8.55. The van der Waals surface area contributed by atoms with Crippen LogP contribution in [0.15, 0.2) is 29.3 Å². The molecule has 0 saturated carbocycles. The van der Waals surface area contributed by atoms with Gasteiger partial charge in [-0.2, -0.15) is 0 Å². The van der Waals surface area contributed by atoms with Gasteiger partial charge in [0, 0.05) is 13.0 Å². The number of benzene rings is 1. The van der Waals surface area contributed by atoms with E-state index in [4.69, 9.17) is 22.3 Å². The van der Waals surface area contributed by atoms with Crippen LogP contribution in [-0.2, 0) is 30.4 Å². The highest BCUT2D eigenvalue weighted by Crippen LogP contribution is 2.11. The fourth-order valence-corrected chi connectivity index (χ4v) is 3.23. The number of phenolic OH excluding ortho intramolecular Hbond substituents is 1. The summed E-state index contributed by atoms with van der Waals surface area (Å²) in [7, 11) is 0. The molecule has 0 aromatic heterocycles. The number of hydrogen-bond acceptors (Lipinski definition) is 8. The van der Waals surface area contributed by atoms with Gasteiger partial charge in [-0.15, -0.1) is 0 Å².